The van der Waals surface area contributed by atoms with Crippen LogP contribution in [-0.2, 0) is 5.41 Å². The van der Waals surface area contributed by atoms with Crippen molar-refractivity contribution in [3.63, 3.8) is 0 Å². The Balaban J connectivity index is 1.88. The lowest BCUT2D eigenvalue weighted by Gasteiger charge is -2.31. The average Bonchev–Trinajstić information content (AvgIpc) is 2.39. The Bertz CT molecular complexity index is 326. The molecule has 1 aromatic rings. The zero-order chi connectivity index (χ0) is 12.1. The van der Waals surface area contributed by atoms with Crippen LogP contribution in [0.15, 0.2) is 30.3 Å². The van der Waals surface area contributed by atoms with Gasteiger partial charge in [-0.1, -0.05) is 44.2 Å². The van der Waals surface area contributed by atoms with E-state index in [2.05, 4.69) is 54.8 Å². The molecule has 17 heavy (non-hydrogen) atoms. The normalized spacial score (nSPS) is 18.2. The summed E-state index contributed by atoms with van der Waals surface area (Å²) in [4.78, 5) is 0. The largest absolute Gasteiger partial charge is 0.317 e. The van der Waals surface area contributed by atoms with Crippen LogP contribution in [0.4, 0.5) is 0 Å². The molecule has 1 aliphatic rings. The lowest BCUT2D eigenvalue weighted by molar-refractivity contribution is 0.351. The monoisotopic (exact) mass is 232 g/mol. The zero-order valence-corrected chi connectivity index (χ0v) is 11.0. The summed E-state index contributed by atoms with van der Waals surface area (Å²) in [6.07, 6.45) is 2.51. The van der Waals surface area contributed by atoms with Crippen molar-refractivity contribution >= 4 is 0 Å². The van der Waals surface area contributed by atoms with Crippen molar-refractivity contribution < 1.29 is 0 Å². The maximum Gasteiger partial charge on any atom is 0.00915 e. The number of nitrogens with one attached hydrogen (secondary N) is 2. The lowest BCUT2D eigenvalue weighted by Crippen LogP contribution is -2.44. The minimum atomic E-state index is 0.214. The molecule has 1 saturated heterocycles. The SMILES string of the molecule is CC(C)(CNC1CCNCC1)c1ccccc1. The average molecular weight is 232 g/mol. The van der Waals surface area contributed by atoms with Crippen LogP contribution in [0.5, 0.6) is 0 Å². The van der Waals surface area contributed by atoms with E-state index >= 15 is 0 Å². The highest BCUT2D eigenvalue weighted by molar-refractivity contribution is 5.23. The molecule has 0 aliphatic carbocycles. The van der Waals surface area contributed by atoms with Crippen molar-refractivity contribution in [1.29, 1.82) is 0 Å². The van der Waals surface area contributed by atoms with Gasteiger partial charge < -0.3 is 10.6 Å². The maximum absolute atomic E-state index is 3.72. The summed E-state index contributed by atoms with van der Waals surface area (Å²) in [5.41, 5.74) is 1.63. The number of hydrogen-bond donors (Lipinski definition) is 2. The first-order valence-electron chi connectivity index (χ1n) is 6.68. The summed E-state index contributed by atoms with van der Waals surface area (Å²) >= 11 is 0. The second-order valence-corrected chi connectivity index (χ2v) is 5.66. The molecule has 0 bridgehead atoms. The van der Waals surface area contributed by atoms with Crippen LogP contribution in [0.25, 0.3) is 0 Å². The molecule has 0 saturated carbocycles. The van der Waals surface area contributed by atoms with Crippen molar-refractivity contribution in [2.45, 2.75) is 38.1 Å². The fraction of sp³-hybridized carbons (Fsp3) is 0.600. The van der Waals surface area contributed by atoms with Gasteiger partial charge in [0.2, 0.25) is 0 Å². The third-order valence-corrected chi connectivity index (χ3v) is 3.73. The van der Waals surface area contributed by atoms with E-state index in [0.717, 1.165) is 19.6 Å². The van der Waals surface area contributed by atoms with Crippen molar-refractivity contribution in [2.75, 3.05) is 19.6 Å². The third-order valence-electron chi connectivity index (χ3n) is 3.73. The van der Waals surface area contributed by atoms with Gasteiger partial charge in [0, 0.05) is 18.0 Å². The van der Waals surface area contributed by atoms with Crippen molar-refractivity contribution in [3.05, 3.63) is 35.9 Å². The lowest BCUT2D eigenvalue weighted by atomic mass is 9.84. The summed E-state index contributed by atoms with van der Waals surface area (Å²) < 4.78 is 0. The number of piperidine rings is 1. The molecule has 0 spiro atoms. The van der Waals surface area contributed by atoms with Crippen LogP contribution in [-0.4, -0.2) is 25.7 Å². The molecule has 1 aromatic carbocycles. The quantitative estimate of drug-likeness (QED) is 0.832. The van der Waals surface area contributed by atoms with Crippen molar-refractivity contribution in [1.82, 2.24) is 10.6 Å². The topological polar surface area (TPSA) is 24.1 Å². The van der Waals surface area contributed by atoms with E-state index in [1.165, 1.54) is 18.4 Å². The van der Waals surface area contributed by atoms with E-state index < -0.39 is 0 Å². The van der Waals surface area contributed by atoms with Crippen LogP contribution >= 0.6 is 0 Å². The van der Waals surface area contributed by atoms with Gasteiger partial charge in [0.05, 0.1) is 0 Å². The summed E-state index contributed by atoms with van der Waals surface area (Å²) in [5.74, 6) is 0. The molecule has 1 aliphatic heterocycles. The molecule has 0 unspecified atom stereocenters. The van der Waals surface area contributed by atoms with E-state index in [4.69, 9.17) is 0 Å². The maximum atomic E-state index is 3.72. The first-order chi connectivity index (χ1) is 8.18. The molecule has 2 rings (SSSR count). The Kier molecular flexibility index (Phi) is 4.19. The van der Waals surface area contributed by atoms with Gasteiger partial charge in [0.25, 0.3) is 0 Å². The van der Waals surface area contributed by atoms with Crippen LogP contribution < -0.4 is 10.6 Å². The second-order valence-electron chi connectivity index (χ2n) is 5.66. The first kappa shape index (κ1) is 12.6. The van der Waals surface area contributed by atoms with Gasteiger partial charge in [-0.2, -0.15) is 0 Å². The molecule has 2 heteroatoms. The Morgan fingerprint density at radius 1 is 1.18 bits per heavy atom. The Morgan fingerprint density at radius 2 is 1.82 bits per heavy atom. The molecule has 0 aromatic heterocycles. The van der Waals surface area contributed by atoms with E-state index in [0.29, 0.717) is 6.04 Å². The molecule has 94 valence electrons. The molecular weight excluding hydrogens is 208 g/mol. The molecule has 0 atom stereocenters. The van der Waals surface area contributed by atoms with E-state index in [9.17, 15) is 0 Å². The minimum Gasteiger partial charge on any atom is -0.317 e. The van der Waals surface area contributed by atoms with Gasteiger partial charge in [-0.05, 0) is 31.5 Å². The molecule has 0 amide bonds. The van der Waals surface area contributed by atoms with Crippen LogP contribution in [0.1, 0.15) is 32.3 Å². The third kappa shape index (κ3) is 3.55. The van der Waals surface area contributed by atoms with Gasteiger partial charge in [-0.15, -0.1) is 0 Å². The fourth-order valence-corrected chi connectivity index (χ4v) is 2.42. The van der Waals surface area contributed by atoms with Gasteiger partial charge in [-0.3, -0.25) is 0 Å². The smallest absolute Gasteiger partial charge is 0.00915 e. The van der Waals surface area contributed by atoms with Gasteiger partial charge >= 0.3 is 0 Å². The molecule has 2 N–H and O–H groups in total. The van der Waals surface area contributed by atoms with E-state index in [1.807, 2.05) is 0 Å². The summed E-state index contributed by atoms with van der Waals surface area (Å²) in [7, 11) is 0. The summed E-state index contributed by atoms with van der Waals surface area (Å²) in [6, 6.07) is 11.5. The Hall–Kier alpha value is -0.860. The fourth-order valence-electron chi connectivity index (χ4n) is 2.42. The van der Waals surface area contributed by atoms with Crippen molar-refractivity contribution in [3.8, 4) is 0 Å². The number of benzene rings is 1. The van der Waals surface area contributed by atoms with Crippen molar-refractivity contribution in [2.24, 2.45) is 0 Å². The molecule has 0 radical (unpaired) electrons. The Labute approximate surface area is 105 Å². The van der Waals surface area contributed by atoms with Gasteiger partial charge in [0.1, 0.15) is 0 Å². The summed E-state index contributed by atoms with van der Waals surface area (Å²) in [6.45, 7) is 8.00. The second kappa shape index (κ2) is 5.65. The number of hydrogen-bond acceptors (Lipinski definition) is 2. The highest BCUT2D eigenvalue weighted by atomic mass is 15.0. The first-order valence-corrected chi connectivity index (χ1v) is 6.68. The minimum absolute atomic E-state index is 0.214. The van der Waals surface area contributed by atoms with E-state index in [1.54, 1.807) is 0 Å². The highest BCUT2D eigenvalue weighted by Gasteiger charge is 2.22. The predicted octanol–water partition coefficient (Wildman–Crippen LogP) is 2.31. The standard InChI is InChI=1S/C15H24N2/c1-15(2,13-6-4-3-5-7-13)12-17-14-8-10-16-11-9-14/h3-7,14,16-17H,8-12H2,1-2H3. The van der Waals surface area contributed by atoms with Gasteiger partial charge in [0.15, 0.2) is 0 Å². The molecule has 1 heterocycles. The predicted molar refractivity (Wildman–Crippen MR) is 73.4 cm³/mol. The molecular formula is C15H24N2. The van der Waals surface area contributed by atoms with Crippen LogP contribution in [0.2, 0.25) is 0 Å². The molecule has 2 nitrogen and oxygen atoms in total. The Morgan fingerprint density at radius 3 is 2.47 bits per heavy atom. The van der Waals surface area contributed by atoms with Crippen LogP contribution in [0.3, 0.4) is 0 Å². The van der Waals surface area contributed by atoms with Crippen LogP contribution in [0, 0.1) is 0 Å². The highest BCUT2D eigenvalue weighted by Crippen LogP contribution is 2.22. The van der Waals surface area contributed by atoms with E-state index in [-0.39, 0.29) is 5.41 Å². The number of rotatable bonds is 4. The zero-order valence-electron chi connectivity index (χ0n) is 11.0. The van der Waals surface area contributed by atoms with Gasteiger partial charge in [-0.25, -0.2) is 0 Å². The summed E-state index contributed by atoms with van der Waals surface area (Å²) in [5, 5.41) is 7.12. The molecule has 1 fully saturated rings.